The molecule has 0 aliphatic heterocycles. The van der Waals surface area contributed by atoms with Gasteiger partial charge >= 0.3 is 0 Å². The number of carbonyl (C=O) groups is 1. The maximum Gasteiger partial charge on any atom is 0.226 e. The van der Waals surface area contributed by atoms with Crippen molar-refractivity contribution in [3.8, 4) is 23.1 Å². The second-order valence-corrected chi connectivity index (χ2v) is 4.10. The third kappa shape index (κ3) is 2.81. The Hall–Kier alpha value is -2.74. The standard InChI is InChI=1S/C15H14N2O3/c1-3-14(18)17-15-11(9-16)8-13(20-15)10-4-6-12(19-2)7-5-10/h4-8H,3H2,1-2H3,(H,17,18). The number of furan rings is 1. The molecule has 0 atom stereocenters. The van der Waals surface area contributed by atoms with Crippen LogP contribution in [0.15, 0.2) is 34.7 Å². The lowest BCUT2D eigenvalue weighted by molar-refractivity contribution is -0.116. The predicted octanol–water partition coefficient (Wildman–Crippen LogP) is 3.18. The SMILES string of the molecule is CCC(=O)Nc1oc(-c2ccc(OC)cc2)cc1C#N. The van der Waals surface area contributed by atoms with E-state index in [1.54, 1.807) is 32.2 Å². The van der Waals surface area contributed by atoms with Crippen LogP contribution in [0.2, 0.25) is 0 Å². The highest BCUT2D eigenvalue weighted by Crippen LogP contribution is 2.29. The van der Waals surface area contributed by atoms with Crippen LogP contribution in [0.1, 0.15) is 18.9 Å². The number of benzene rings is 1. The first-order valence-electron chi connectivity index (χ1n) is 6.16. The van der Waals surface area contributed by atoms with Crippen molar-refractivity contribution in [2.75, 3.05) is 12.4 Å². The zero-order valence-electron chi connectivity index (χ0n) is 11.3. The molecule has 5 heteroatoms. The summed E-state index contributed by atoms with van der Waals surface area (Å²) < 4.78 is 10.6. The van der Waals surface area contributed by atoms with Gasteiger partial charge in [0.1, 0.15) is 23.1 Å². The van der Waals surface area contributed by atoms with E-state index in [0.29, 0.717) is 17.7 Å². The number of ether oxygens (including phenoxy) is 1. The quantitative estimate of drug-likeness (QED) is 0.925. The summed E-state index contributed by atoms with van der Waals surface area (Å²) in [6.07, 6.45) is 0.323. The van der Waals surface area contributed by atoms with Crippen LogP contribution in [0.5, 0.6) is 5.75 Å². The van der Waals surface area contributed by atoms with Crippen LogP contribution < -0.4 is 10.1 Å². The average Bonchev–Trinajstić information content (AvgIpc) is 2.90. The Balaban J connectivity index is 2.33. The van der Waals surface area contributed by atoms with Gasteiger partial charge in [-0.3, -0.25) is 10.1 Å². The molecule has 5 nitrogen and oxygen atoms in total. The summed E-state index contributed by atoms with van der Waals surface area (Å²) in [6, 6.07) is 10.9. The number of carbonyl (C=O) groups excluding carboxylic acids is 1. The van der Waals surface area contributed by atoms with Gasteiger partial charge in [0.2, 0.25) is 11.8 Å². The van der Waals surface area contributed by atoms with Gasteiger partial charge in [0.15, 0.2) is 0 Å². The van der Waals surface area contributed by atoms with Crippen molar-refractivity contribution in [1.29, 1.82) is 5.26 Å². The number of anilines is 1. The van der Waals surface area contributed by atoms with E-state index in [1.807, 2.05) is 18.2 Å². The Labute approximate surface area is 116 Å². The first-order valence-corrected chi connectivity index (χ1v) is 6.16. The van der Waals surface area contributed by atoms with Crippen molar-refractivity contribution >= 4 is 11.8 Å². The van der Waals surface area contributed by atoms with Crippen molar-refractivity contribution in [2.45, 2.75) is 13.3 Å². The number of nitrogens with one attached hydrogen (secondary N) is 1. The fourth-order valence-corrected chi connectivity index (χ4v) is 1.68. The van der Waals surface area contributed by atoms with E-state index in [1.165, 1.54) is 0 Å². The third-order valence-electron chi connectivity index (χ3n) is 2.80. The Morgan fingerprint density at radius 2 is 2.10 bits per heavy atom. The molecule has 1 aromatic heterocycles. The monoisotopic (exact) mass is 270 g/mol. The molecule has 0 aliphatic rings. The molecule has 0 saturated heterocycles. The summed E-state index contributed by atoms with van der Waals surface area (Å²) in [6.45, 7) is 1.73. The van der Waals surface area contributed by atoms with Crippen LogP contribution in [-0.2, 0) is 4.79 Å². The number of methoxy groups -OCH3 is 1. The normalized spacial score (nSPS) is 9.85. The number of nitriles is 1. The average molecular weight is 270 g/mol. The minimum absolute atomic E-state index is 0.185. The Kier molecular flexibility index (Phi) is 4.06. The molecular formula is C15H14N2O3. The molecule has 1 amide bonds. The molecule has 0 fully saturated rings. The number of rotatable bonds is 4. The molecule has 102 valence electrons. The highest BCUT2D eigenvalue weighted by atomic mass is 16.5. The molecule has 1 heterocycles. The molecule has 0 aliphatic carbocycles. The molecule has 2 rings (SSSR count). The first kappa shape index (κ1) is 13.7. The summed E-state index contributed by atoms with van der Waals surface area (Å²) >= 11 is 0. The maximum absolute atomic E-state index is 11.4. The highest BCUT2D eigenvalue weighted by molar-refractivity contribution is 5.90. The molecule has 20 heavy (non-hydrogen) atoms. The summed E-state index contributed by atoms with van der Waals surface area (Å²) in [7, 11) is 1.59. The van der Waals surface area contributed by atoms with E-state index >= 15 is 0 Å². The van der Waals surface area contributed by atoms with Crippen molar-refractivity contribution in [2.24, 2.45) is 0 Å². The van der Waals surface area contributed by atoms with Gasteiger partial charge in [-0.05, 0) is 24.3 Å². The summed E-state index contributed by atoms with van der Waals surface area (Å²) in [4.78, 5) is 11.4. The fraction of sp³-hybridized carbons (Fsp3) is 0.200. The highest BCUT2D eigenvalue weighted by Gasteiger charge is 2.14. The van der Waals surface area contributed by atoms with Crippen molar-refractivity contribution in [3.05, 3.63) is 35.9 Å². The van der Waals surface area contributed by atoms with Crippen molar-refractivity contribution in [1.82, 2.24) is 0 Å². The number of hydrogen-bond donors (Lipinski definition) is 1. The second kappa shape index (κ2) is 5.93. The van der Waals surface area contributed by atoms with Gasteiger partial charge in [-0.25, -0.2) is 0 Å². The van der Waals surface area contributed by atoms with Gasteiger partial charge in [-0.1, -0.05) is 6.92 Å². The Morgan fingerprint density at radius 1 is 1.40 bits per heavy atom. The predicted molar refractivity (Wildman–Crippen MR) is 74.3 cm³/mol. The van der Waals surface area contributed by atoms with E-state index in [-0.39, 0.29) is 11.8 Å². The van der Waals surface area contributed by atoms with Gasteiger partial charge in [0.05, 0.1) is 7.11 Å². The van der Waals surface area contributed by atoms with E-state index in [4.69, 9.17) is 14.4 Å². The molecule has 0 bridgehead atoms. The molecular weight excluding hydrogens is 256 g/mol. The Morgan fingerprint density at radius 3 is 2.65 bits per heavy atom. The van der Waals surface area contributed by atoms with Crippen molar-refractivity contribution in [3.63, 3.8) is 0 Å². The van der Waals surface area contributed by atoms with Crippen LogP contribution in [-0.4, -0.2) is 13.0 Å². The summed E-state index contributed by atoms with van der Waals surface area (Å²) in [5.41, 5.74) is 1.11. The number of hydrogen-bond acceptors (Lipinski definition) is 4. The molecule has 2 aromatic rings. The van der Waals surface area contributed by atoms with Gasteiger partial charge < -0.3 is 9.15 Å². The zero-order chi connectivity index (χ0) is 14.5. The van der Waals surface area contributed by atoms with Crippen LogP contribution in [0, 0.1) is 11.3 Å². The van der Waals surface area contributed by atoms with E-state index in [9.17, 15) is 4.79 Å². The molecule has 0 radical (unpaired) electrons. The lowest BCUT2D eigenvalue weighted by Gasteiger charge is -2.01. The van der Waals surface area contributed by atoms with E-state index in [2.05, 4.69) is 5.32 Å². The minimum Gasteiger partial charge on any atom is -0.497 e. The van der Waals surface area contributed by atoms with Gasteiger partial charge in [0, 0.05) is 18.1 Å². The zero-order valence-corrected chi connectivity index (χ0v) is 11.3. The van der Waals surface area contributed by atoms with Gasteiger partial charge in [-0.15, -0.1) is 0 Å². The molecule has 1 N–H and O–H groups in total. The number of nitrogens with zero attached hydrogens (tertiary/aromatic N) is 1. The summed E-state index contributed by atoms with van der Waals surface area (Å²) in [5, 5.41) is 11.6. The number of amides is 1. The fourth-order valence-electron chi connectivity index (χ4n) is 1.68. The van der Waals surface area contributed by atoms with Crippen molar-refractivity contribution < 1.29 is 13.9 Å². The largest absolute Gasteiger partial charge is 0.497 e. The molecule has 0 saturated carbocycles. The molecule has 0 unspecified atom stereocenters. The van der Waals surface area contributed by atoms with E-state index in [0.717, 1.165) is 11.3 Å². The first-order chi connectivity index (χ1) is 9.67. The van der Waals surface area contributed by atoms with Gasteiger partial charge in [0.25, 0.3) is 0 Å². The lowest BCUT2D eigenvalue weighted by Crippen LogP contribution is -2.09. The minimum atomic E-state index is -0.197. The molecule has 1 aromatic carbocycles. The van der Waals surface area contributed by atoms with E-state index < -0.39 is 0 Å². The smallest absolute Gasteiger partial charge is 0.226 e. The summed E-state index contributed by atoms with van der Waals surface area (Å²) in [5.74, 6) is 1.25. The second-order valence-electron chi connectivity index (χ2n) is 4.10. The topological polar surface area (TPSA) is 75.3 Å². The Bertz CT molecular complexity index is 651. The van der Waals surface area contributed by atoms with Crippen LogP contribution in [0.3, 0.4) is 0 Å². The van der Waals surface area contributed by atoms with Crippen LogP contribution >= 0.6 is 0 Å². The maximum atomic E-state index is 11.4. The molecule has 0 spiro atoms. The van der Waals surface area contributed by atoms with Crippen LogP contribution in [0.25, 0.3) is 11.3 Å². The van der Waals surface area contributed by atoms with Gasteiger partial charge in [-0.2, -0.15) is 5.26 Å². The lowest BCUT2D eigenvalue weighted by atomic mass is 10.1. The third-order valence-corrected chi connectivity index (χ3v) is 2.80. The van der Waals surface area contributed by atoms with Crippen LogP contribution in [0.4, 0.5) is 5.88 Å².